The van der Waals surface area contributed by atoms with Crippen LogP contribution in [-0.2, 0) is 18.4 Å². The van der Waals surface area contributed by atoms with Crippen LogP contribution < -0.4 is 15.2 Å². The van der Waals surface area contributed by atoms with Crippen molar-refractivity contribution >= 4 is 0 Å². The fraction of sp³-hybridized carbons (Fsp3) is 0.294. The number of hydrogen-bond donors (Lipinski definition) is 1. The monoisotopic (exact) mass is 269 g/mol. The van der Waals surface area contributed by atoms with E-state index < -0.39 is 5.54 Å². The van der Waals surface area contributed by atoms with Gasteiger partial charge in [0.2, 0.25) is 0 Å². The van der Waals surface area contributed by atoms with Gasteiger partial charge in [0.05, 0.1) is 19.8 Å². The van der Waals surface area contributed by atoms with Gasteiger partial charge in [0.1, 0.15) is 11.5 Å². The van der Waals surface area contributed by atoms with Gasteiger partial charge in [0.15, 0.2) is 0 Å². The molecular formula is C17H19NO2. The number of nitrogens with two attached hydrogens (primary N) is 1. The number of fused-ring (bicyclic) bond motifs is 1. The van der Waals surface area contributed by atoms with Crippen molar-refractivity contribution in [2.75, 3.05) is 14.2 Å². The van der Waals surface area contributed by atoms with E-state index >= 15 is 0 Å². The second-order valence-electron chi connectivity index (χ2n) is 5.34. The van der Waals surface area contributed by atoms with Crippen LogP contribution in [0.2, 0.25) is 0 Å². The highest BCUT2D eigenvalue weighted by molar-refractivity contribution is 5.49. The Morgan fingerprint density at radius 2 is 1.60 bits per heavy atom. The zero-order valence-corrected chi connectivity index (χ0v) is 11.8. The Hall–Kier alpha value is -2.00. The molecule has 1 aliphatic rings. The summed E-state index contributed by atoms with van der Waals surface area (Å²) in [5, 5.41) is 0. The first-order chi connectivity index (χ1) is 9.66. The topological polar surface area (TPSA) is 44.5 Å². The summed E-state index contributed by atoms with van der Waals surface area (Å²) < 4.78 is 10.8. The van der Waals surface area contributed by atoms with Crippen LogP contribution in [0.1, 0.15) is 16.7 Å². The minimum atomic E-state index is -0.401. The van der Waals surface area contributed by atoms with Crippen LogP contribution in [0.25, 0.3) is 0 Å². The summed E-state index contributed by atoms with van der Waals surface area (Å²) in [5.74, 6) is 1.57. The molecule has 0 radical (unpaired) electrons. The zero-order chi connectivity index (χ0) is 14.2. The van der Waals surface area contributed by atoms with Gasteiger partial charge in [-0.05, 0) is 36.1 Å². The van der Waals surface area contributed by atoms with Crippen molar-refractivity contribution in [1.82, 2.24) is 0 Å². The molecule has 2 N–H and O–H groups in total. The Balaban J connectivity index is 2.02. The summed E-state index contributed by atoms with van der Waals surface area (Å²) in [7, 11) is 3.32. The third-order valence-electron chi connectivity index (χ3n) is 4.08. The van der Waals surface area contributed by atoms with Gasteiger partial charge < -0.3 is 15.2 Å². The molecule has 104 valence electrons. The fourth-order valence-electron chi connectivity index (χ4n) is 3.04. The quantitative estimate of drug-likeness (QED) is 0.931. The molecule has 0 fully saturated rings. The minimum absolute atomic E-state index is 0.401. The fourth-order valence-corrected chi connectivity index (χ4v) is 3.04. The summed E-state index contributed by atoms with van der Waals surface area (Å²) in [4.78, 5) is 0. The summed E-state index contributed by atoms with van der Waals surface area (Å²) in [5.41, 5.74) is 9.97. The van der Waals surface area contributed by atoms with E-state index in [4.69, 9.17) is 15.2 Å². The Morgan fingerprint density at radius 1 is 0.950 bits per heavy atom. The van der Waals surface area contributed by atoms with Crippen molar-refractivity contribution in [2.24, 2.45) is 5.73 Å². The molecule has 2 aromatic rings. The Bertz CT molecular complexity index is 612. The molecule has 0 saturated heterocycles. The first-order valence-electron chi connectivity index (χ1n) is 6.74. The number of rotatable bonds is 3. The van der Waals surface area contributed by atoms with Crippen LogP contribution in [0.4, 0.5) is 0 Å². The lowest BCUT2D eigenvalue weighted by molar-refractivity contribution is 0.372. The Morgan fingerprint density at radius 3 is 2.15 bits per heavy atom. The van der Waals surface area contributed by atoms with Crippen molar-refractivity contribution in [3.8, 4) is 11.5 Å². The van der Waals surface area contributed by atoms with Gasteiger partial charge in [-0.15, -0.1) is 0 Å². The lowest BCUT2D eigenvalue weighted by Crippen LogP contribution is -2.37. The molecule has 3 heteroatoms. The van der Waals surface area contributed by atoms with Gasteiger partial charge >= 0.3 is 0 Å². The Labute approximate surface area is 119 Å². The summed E-state index contributed by atoms with van der Waals surface area (Å²) in [6, 6.07) is 14.3. The van der Waals surface area contributed by atoms with Gasteiger partial charge in [-0.25, -0.2) is 0 Å². The highest BCUT2D eigenvalue weighted by atomic mass is 16.5. The van der Waals surface area contributed by atoms with Gasteiger partial charge in [-0.2, -0.15) is 0 Å². The third kappa shape index (κ3) is 2.04. The second-order valence-corrected chi connectivity index (χ2v) is 5.34. The first kappa shape index (κ1) is 13.0. The standard InChI is InChI=1S/C17H19NO2/c1-19-14-7-8-15(16(9-14)20-2)17(18)10-12-5-3-4-6-13(12)11-17/h3-9H,10-11,18H2,1-2H3. The molecule has 1 aliphatic carbocycles. The van der Waals surface area contributed by atoms with E-state index in [0.717, 1.165) is 29.9 Å². The van der Waals surface area contributed by atoms with Crippen molar-refractivity contribution in [2.45, 2.75) is 18.4 Å². The van der Waals surface area contributed by atoms with Crippen molar-refractivity contribution < 1.29 is 9.47 Å². The van der Waals surface area contributed by atoms with Crippen LogP contribution in [0.15, 0.2) is 42.5 Å². The van der Waals surface area contributed by atoms with E-state index in [1.54, 1.807) is 14.2 Å². The number of ether oxygens (including phenoxy) is 2. The van der Waals surface area contributed by atoms with Gasteiger partial charge in [-0.3, -0.25) is 0 Å². The van der Waals surface area contributed by atoms with Crippen LogP contribution in [-0.4, -0.2) is 14.2 Å². The van der Waals surface area contributed by atoms with Crippen LogP contribution in [0.3, 0.4) is 0 Å². The predicted molar refractivity (Wildman–Crippen MR) is 79.3 cm³/mol. The molecule has 0 atom stereocenters. The average molecular weight is 269 g/mol. The highest BCUT2D eigenvalue weighted by Gasteiger charge is 2.37. The van der Waals surface area contributed by atoms with E-state index in [0.29, 0.717) is 0 Å². The van der Waals surface area contributed by atoms with Gasteiger partial charge in [0, 0.05) is 11.6 Å². The lowest BCUT2D eigenvalue weighted by atomic mass is 9.87. The normalized spacial score (nSPS) is 15.8. The van der Waals surface area contributed by atoms with Crippen molar-refractivity contribution in [3.05, 3.63) is 59.2 Å². The number of methoxy groups -OCH3 is 2. The van der Waals surface area contributed by atoms with E-state index in [1.165, 1.54) is 11.1 Å². The molecule has 0 aliphatic heterocycles. The summed E-state index contributed by atoms with van der Waals surface area (Å²) >= 11 is 0. The van der Waals surface area contributed by atoms with Gasteiger partial charge in [0.25, 0.3) is 0 Å². The number of benzene rings is 2. The van der Waals surface area contributed by atoms with Crippen molar-refractivity contribution in [3.63, 3.8) is 0 Å². The van der Waals surface area contributed by atoms with E-state index in [9.17, 15) is 0 Å². The molecule has 0 amide bonds. The molecular weight excluding hydrogens is 250 g/mol. The van der Waals surface area contributed by atoms with Gasteiger partial charge in [-0.1, -0.05) is 24.3 Å². The average Bonchev–Trinajstić information content (AvgIpc) is 2.83. The van der Waals surface area contributed by atoms with Crippen molar-refractivity contribution in [1.29, 1.82) is 0 Å². The molecule has 0 aromatic heterocycles. The molecule has 0 bridgehead atoms. The first-order valence-corrected chi connectivity index (χ1v) is 6.74. The maximum absolute atomic E-state index is 6.68. The smallest absolute Gasteiger partial charge is 0.127 e. The molecule has 0 heterocycles. The molecule has 0 saturated carbocycles. The molecule has 2 aromatic carbocycles. The molecule has 3 rings (SSSR count). The summed E-state index contributed by atoms with van der Waals surface area (Å²) in [6.45, 7) is 0. The molecule has 0 spiro atoms. The van der Waals surface area contributed by atoms with Crippen LogP contribution in [0, 0.1) is 0 Å². The minimum Gasteiger partial charge on any atom is -0.497 e. The number of hydrogen-bond acceptors (Lipinski definition) is 3. The highest BCUT2D eigenvalue weighted by Crippen LogP contribution is 2.40. The van der Waals surface area contributed by atoms with E-state index in [1.807, 2.05) is 18.2 Å². The SMILES string of the molecule is COc1ccc(C2(N)Cc3ccccc3C2)c(OC)c1. The molecule has 20 heavy (non-hydrogen) atoms. The zero-order valence-electron chi connectivity index (χ0n) is 11.8. The van der Waals surface area contributed by atoms with Crippen LogP contribution >= 0.6 is 0 Å². The second kappa shape index (κ2) is 4.84. The largest absolute Gasteiger partial charge is 0.497 e. The van der Waals surface area contributed by atoms with E-state index in [-0.39, 0.29) is 0 Å². The third-order valence-corrected chi connectivity index (χ3v) is 4.08. The Kier molecular flexibility index (Phi) is 3.14. The van der Waals surface area contributed by atoms with Crippen LogP contribution in [0.5, 0.6) is 11.5 Å². The molecule has 3 nitrogen and oxygen atoms in total. The van der Waals surface area contributed by atoms with E-state index in [2.05, 4.69) is 24.3 Å². The molecule has 0 unspecified atom stereocenters. The predicted octanol–water partition coefficient (Wildman–Crippen LogP) is 2.66. The maximum atomic E-state index is 6.68. The summed E-state index contributed by atoms with van der Waals surface area (Å²) in [6.07, 6.45) is 1.68. The maximum Gasteiger partial charge on any atom is 0.127 e. The lowest BCUT2D eigenvalue weighted by Gasteiger charge is -2.26.